The van der Waals surface area contributed by atoms with Crippen molar-refractivity contribution in [3.63, 3.8) is 0 Å². The summed E-state index contributed by atoms with van der Waals surface area (Å²) in [5.74, 6) is 0.583. The summed E-state index contributed by atoms with van der Waals surface area (Å²) in [6.45, 7) is 0. The van der Waals surface area contributed by atoms with Crippen molar-refractivity contribution in [2.24, 2.45) is 5.73 Å². The van der Waals surface area contributed by atoms with Gasteiger partial charge in [-0.1, -0.05) is 0 Å². The van der Waals surface area contributed by atoms with Crippen molar-refractivity contribution in [1.82, 2.24) is 5.32 Å². The Morgan fingerprint density at radius 2 is 2.40 bits per heavy atom. The van der Waals surface area contributed by atoms with E-state index in [1.165, 1.54) is 11.3 Å². The smallest absolute Gasteiger partial charge is 0.265 e. The molecule has 0 unspecified atom stereocenters. The average molecular weight is 226 g/mol. The van der Waals surface area contributed by atoms with Crippen LogP contribution in [0.15, 0.2) is 11.4 Å². The second-order valence-electron chi connectivity index (χ2n) is 3.72. The second-order valence-corrected chi connectivity index (χ2v) is 4.64. The minimum Gasteiger partial charge on any atom is -0.495 e. The maximum atomic E-state index is 11.8. The Morgan fingerprint density at radius 1 is 1.67 bits per heavy atom. The lowest BCUT2D eigenvalue weighted by atomic mass is 9.87. The SMILES string of the molecule is COc1ccsc1C(=O)NC1CC(N)C1. The zero-order valence-electron chi connectivity index (χ0n) is 8.53. The van der Waals surface area contributed by atoms with Crippen LogP contribution in [0, 0.1) is 0 Å². The molecule has 5 heteroatoms. The number of nitrogens with two attached hydrogens (primary N) is 1. The highest BCUT2D eigenvalue weighted by Crippen LogP contribution is 2.25. The summed E-state index contributed by atoms with van der Waals surface area (Å²) >= 11 is 1.39. The summed E-state index contributed by atoms with van der Waals surface area (Å²) in [4.78, 5) is 12.4. The van der Waals surface area contributed by atoms with Gasteiger partial charge in [0.15, 0.2) is 0 Å². The first-order valence-corrected chi connectivity index (χ1v) is 5.76. The van der Waals surface area contributed by atoms with E-state index in [1.807, 2.05) is 5.38 Å². The fourth-order valence-corrected chi connectivity index (χ4v) is 2.42. The minimum atomic E-state index is -0.0567. The molecule has 82 valence electrons. The van der Waals surface area contributed by atoms with Crippen molar-refractivity contribution in [2.45, 2.75) is 24.9 Å². The molecule has 1 aliphatic rings. The van der Waals surface area contributed by atoms with E-state index >= 15 is 0 Å². The molecule has 0 aliphatic heterocycles. The Morgan fingerprint density at radius 3 is 3.00 bits per heavy atom. The normalized spacial score (nSPS) is 24.4. The highest BCUT2D eigenvalue weighted by molar-refractivity contribution is 7.12. The molecule has 1 aliphatic carbocycles. The molecule has 1 aromatic rings. The van der Waals surface area contributed by atoms with Gasteiger partial charge >= 0.3 is 0 Å². The largest absolute Gasteiger partial charge is 0.495 e. The predicted molar refractivity (Wildman–Crippen MR) is 59.3 cm³/mol. The van der Waals surface area contributed by atoms with Gasteiger partial charge < -0.3 is 15.8 Å². The molecule has 2 rings (SSSR count). The number of carbonyl (C=O) groups excluding carboxylic acids is 1. The Hall–Kier alpha value is -1.07. The van der Waals surface area contributed by atoms with Crippen molar-refractivity contribution in [3.05, 3.63) is 16.3 Å². The number of carbonyl (C=O) groups is 1. The first-order chi connectivity index (χ1) is 7.20. The molecular formula is C10H14N2O2S. The van der Waals surface area contributed by atoms with E-state index in [0.717, 1.165) is 12.8 Å². The van der Waals surface area contributed by atoms with E-state index in [9.17, 15) is 4.79 Å². The molecule has 1 aromatic heterocycles. The Bertz CT molecular complexity index is 358. The summed E-state index contributed by atoms with van der Waals surface area (Å²) in [5.41, 5.74) is 5.65. The molecule has 1 saturated carbocycles. The van der Waals surface area contributed by atoms with E-state index in [4.69, 9.17) is 10.5 Å². The highest BCUT2D eigenvalue weighted by Gasteiger charge is 2.28. The Kier molecular flexibility index (Phi) is 2.93. The van der Waals surface area contributed by atoms with Crippen molar-refractivity contribution in [1.29, 1.82) is 0 Å². The maximum absolute atomic E-state index is 11.8. The first kappa shape index (κ1) is 10.4. The fourth-order valence-electron chi connectivity index (χ4n) is 1.65. The molecule has 1 amide bonds. The molecule has 1 heterocycles. The number of amides is 1. The van der Waals surface area contributed by atoms with Gasteiger partial charge in [0.1, 0.15) is 10.6 Å². The third-order valence-corrected chi connectivity index (χ3v) is 3.46. The van der Waals surface area contributed by atoms with Crippen LogP contribution in [-0.2, 0) is 0 Å². The summed E-state index contributed by atoms with van der Waals surface area (Å²) in [6.07, 6.45) is 1.75. The number of methoxy groups -OCH3 is 1. The number of ether oxygens (including phenoxy) is 1. The zero-order valence-corrected chi connectivity index (χ0v) is 9.34. The van der Waals surface area contributed by atoms with E-state index in [2.05, 4.69) is 5.32 Å². The summed E-state index contributed by atoms with van der Waals surface area (Å²) < 4.78 is 5.09. The van der Waals surface area contributed by atoms with Crippen LogP contribution < -0.4 is 15.8 Å². The molecule has 0 aromatic carbocycles. The van der Waals surface area contributed by atoms with E-state index in [1.54, 1.807) is 13.2 Å². The molecule has 0 bridgehead atoms. The molecule has 15 heavy (non-hydrogen) atoms. The maximum Gasteiger partial charge on any atom is 0.265 e. The van der Waals surface area contributed by atoms with Crippen LogP contribution in [0.1, 0.15) is 22.5 Å². The first-order valence-electron chi connectivity index (χ1n) is 4.88. The Labute approximate surface area is 92.4 Å². The highest BCUT2D eigenvalue weighted by atomic mass is 32.1. The van der Waals surface area contributed by atoms with Crippen molar-refractivity contribution < 1.29 is 9.53 Å². The molecule has 0 radical (unpaired) electrons. The van der Waals surface area contributed by atoms with Gasteiger partial charge in [-0.15, -0.1) is 11.3 Å². The van der Waals surface area contributed by atoms with E-state index < -0.39 is 0 Å². The Balaban J connectivity index is 1.96. The van der Waals surface area contributed by atoms with E-state index in [-0.39, 0.29) is 18.0 Å². The van der Waals surface area contributed by atoms with Crippen LogP contribution in [0.2, 0.25) is 0 Å². The molecule has 4 nitrogen and oxygen atoms in total. The minimum absolute atomic E-state index is 0.0567. The monoisotopic (exact) mass is 226 g/mol. The van der Waals surface area contributed by atoms with Gasteiger partial charge in [0.2, 0.25) is 0 Å². The van der Waals surface area contributed by atoms with Crippen molar-refractivity contribution in [3.8, 4) is 5.75 Å². The van der Waals surface area contributed by atoms with Gasteiger partial charge in [-0.3, -0.25) is 4.79 Å². The molecule has 0 spiro atoms. The van der Waals surface area contributed by atoms with Crippen LogP contribution in [0.5, 0.6) is 5.75 Å². The summed E-state index contributed by atoms with van der Waals surface area (Å²) in [7, 11) is 1.57. The molecule has 1 fully saturated rings. The van der Waals surface area contributed by atoms with Gasteiger partial charge in [0.25, 0.3) is 5.91 Å². The lowest BCUT2D eigenvalue weighted by Gasteiger charge is -2.32. The third-order valence-electron chi connectivity index (χ3n) is 2.56. The number of hydrogen-bond acceptors (Lipinski definition) is 4. The van der Waals surface area contributed by atoms with Crippen LogP contribution in [-0.4, -0.2) is 25.1 Å². The standard InChI is InChI=1S/C10H14N2O2S/c1-14-8-2-3-15-9(8)10(13)12-7-4-6(11)5-7/h2-3,6-7H,4-5,11H2,1H3,(H,12,13). The summed E-state index contributed by atoms with van der Waals surface area (Å²) in [6, 6.07) is 2.28. The van der Waals surface area contributed by atoms with Crippen molar-refractivity contribution in [2.75, 3.05) is 7.11 Å². The summed E-state index contributed by atoms with van der Waals surface area (Å²) in [5, 5.41) is 4.78. The lowest BCUT2D eigenvalue weighted by molar-refractivity contribution is 0.0911. The average Bonchev–Trinajstić information content (AvgIpc) is 2.62. The predicted octanol–water partition coefficient (Wildman–Crippen LogP) is 0.976. The molecular weight excluding hydrogens is 212 g/mol. The number of rotatable bonds is 3. The zero-order chi connectivity index (χ0) is 10.8. The molecule has 3 N–H and O–H groups in total. The van der Waals surface area contributed by atoms with Gasteiger partial charge in [0.05, 0.1) is 7.11 Å². The number of nitrogens with one attached hydrogen (secondary N) is 1. The van der Waals surface area contributed by atoms with Gasteiger partial charge in [-0.2, -0.15) is 0 Å². The van der Waals surface area contributed by atoms with Gasteiger partial charge in [0, 0.05) is 12.1 Å². The molecule has 0 saturated heterocycles. The molecule has 0 atom stereocenters. The third kappa shape index (κ3) is 2.13. The van der Waals surface area contributed by atoms with Crippen molar-refractivity contribution >= 4 is 17.2 Å². The van der Waals surface area contributed by atoms with Crippen LogP contribution >= 0.6 is 11.3 Å². The number of hydrogen-bond donors (Lipinski definition) is 2. The second kappa shape index (κ2) is 4.20. The topological polar surface area (TPSA) is 64.3 Å². The van der Waals surface area contributed by atoms with Crippen LogP contribution in [0.4, 0.5) is 0 Å². The fraction of sp³-hybridized carbons (Fsp3) is 0.500. The van der Waals surface area contributed by atoms with Gasteiger partial charge in [-0.05, 0) is 24.3 Å². The van der Waals surface area contributed by atoms with E-state index in [0.29, 0.717) is 10.6 Å². The van der Waals surface area contributed by atoms with Gasteiger partial charge in [-0.25, -0.2) is 0 Å². The van der Waals surface area contributed by atoms with Crippen LogP contribution in [0.3, 0.4) is 0 Å². The van der Waals surface area contributed by atoms with Crippen LogP contribution in [0.25, 0.3) is 0 Å². The quantitative estimate of drug-likeness (QED) is 0.807. The number of thiophene rings is 1. The lowest BCUT2D eigenvalue weighted by Crippen LogP contribution is -2.50.